The SMILES string of the molecule is O=C(NC1CCN(CC(F)F)C1)c1csc(-c2cnc[nH]2)n1. The molecule has 0 bridgehead atoms. The predicted octanol–water partition coefficient (Wildman–Crippen LogP) is 1.60. The van der Waals surface area contributed by atoms with Crippen molar-refractivity contribution in [1.82, 2.24) is 25.2 Å². The van der Waals surface area contributed by atoms with Crippen LogP contribution in [0.2, 0.25) is 0 Å². The molecule has 1 amide bonds. The summed E-state index contributed by atoms with van der Waals surface area (Å²) in [6, 6.07) is -0.108. The maximum Gasteiger partial charge on any atom is 0.271 e. The van der Waals surface area contributed by atoms with Crippen LogP contribution in [0.4, 0.5) is 8.78 Å². The number of alkyl halides is 2. The van der Waals surface area contributed by atoms with E-state index < -0.39 is 6.43 Å². The number of thiazole rings is 1. The first-order valence-electron chi connectivity index (χ1n) is 6.87. The van der Waals surface area contributed by atoms with Crippen molar-refractivity contribution in [3.63, 3.8) is 0 Å². The molecule has 1 atom stereocenters. The number of amides is 1. The van der Waals surface area contributed by atoms with Crippen molar-refractivity contribution < 1.29 is 13.6 Å². The predicted molar refractivity (Wildman–Crippen MR) is 78.0 cm³/mol. The van der Waals surface area contributed by atoms with Crippen molar-refractivity contribution in [3.8, 4) is 10.7 Å². The molecule has 6 nitrogen and oxygen atoms in total. The van der Waals surface area contributed by atoms with Crippen LogP contribution in [0.15, 0.2) is 17.9 Å². The number of aromatic amines is 1. The zero-order valence-electron chi connectivity index (χ0n) is 11.6. The monoisotopic (exact) mass is 327 g/mol. The number of hydrogen-bond acceptors (Lipinski definition) is 5. The van der Waals surface area contributed by atoms with Crippen LogP contribution in [0.1, 0.15) is 16.9 Å². The largest absolute Gasteiger partial charge is 0.347 e. The third kappa shape index (κ3) is 3.47. The number of hydrogen-bond donors (Lipinski definition) is 2. The highest BCUT2D eigenvalue weighted by Gasteiger charge is 2.26. The summed E-state index contributed by atoms with van der Waals surface area (Å²) < 4.78 is 24.7. The number of carbonyl (C=O) groups is 1. The van der Waals surface area contributed by atoms with Crippen LogP contribution in [0, 0.1) is 0 Å². The number of nitrogens with one attached hydrogen (secondary N) is 2. The zero-order valence-corrected chi connectivity index (χ0v) is 12.4. The van der Waals surface area contributed by atoms with E-state index in [-0.39, 0.29) is 18.5 Å². The van der Waals surface area contributed by atoms with Crippen LogP contribution >= 0.6 is 11.3 Å². The molecule has 0 aromatic carbocycles. The van der Waals surface area contributed by atoms with Crippen LogP contribution in [-0.2, 0) is 0 Å². The smallest absolute Gasteiger partial charge is 0.271 e. The number of rotatable bonds is 5. The van der Waals surface area contributed by atoms with Gasteiger partial charge in [0.2, 0.25) is 0 Å². The second kappa shape index (κ2) is 6.49. The highest BCUT2D eigenvalue weighted by Crippen LogP contribution is 2.21. The Labute approximate surface area is 129 Å². The Morgan fingerprint density at radius 2 is 2.45 bits per heavy atom. The molecule has 1 unspecified atom stereocenters. The van der Waals surface area contributed by atoms with E-state index >= 15 is 0 Å². The summed E-state index contributed by atoms with van der Waals surface area (Å²) in [4.78, 5) is 24.9. The fourth-order valence-corrected chi connectivity index (χ4v) is 3.22. The molecule has 0 radical (unpaired) electrons. The summed E-state index contributed by atoms with van der Waals surface area (Å²) in [5, 5.41) is 5.22. The Balaban J connectivity index is 1.57. The lowest BCUT2D eigenvalue weighted by molar-refractivity contribution is 0.0915. The van der Waals surface area contributed by atoms with Crippen molar-refractivity contribution in [2.75, 3.05) is 19.6 Å². The molecule has 3 heterocycles. The maximum absolute atomic E-state index is 12.3. The number of halogens is 2. The Morgan fingerprint density at radius 3 is 3.18 bits per heavy atom. The van der Waals surface area contributed by atoms with Gasteiger partial charge in [0.05, 0.1) is 24.8 Å². The molecule has 2 aromatic rings. The van der Waals surface area contributed by atoms with E-state index in [0.29, 0.717) is 30.2 Å². The van der Waals surface area contributed by atoms with Gasteiger partial charge < -0.3 is 10.3 Å². The second-order valence-electron chi connectivity index (χ2n) is 5.11. The number of aromatic nitrogens is 3. The average molecular weight is 327 g/mol. The van der Waals surface area contributed by atoms with Gasteiger partial charge in [-0.25, -0.2) is 18.7 Å². The van der Waals surface area contributed by atoms with Gasteiger partial charge in [0, 0.05) is 24.5 Å². The van der Waals surface area contributed by atoms with Crippen LogP contribution in [0.5, 0.6) is 0 Å². The fraction of sp³-hybridized carbons (Fsp3) is 0.462. The van der Waals surface area contributed by atoms with E-state index in [2.05, 4.69) is 20.3 Å². The highest BCUT2D eigenvalue weighted by atomic mass is 32.1. The molecule has 0 spiro atoms. The molecule has 1 aliphatic rings. The molecule has 9 heteroatoms. The minimum Gasteiger partial charge on any atom is -0.347 e. The Kier molecular flexibility index (Phi) is 4.44. The number of likely N-dealkylation sites (tertiary alicyclic amines) is 1. The molecule has 22 heavy (non-hydrogen) atoms. The van der Waals surface area contributed by atoms with Crippen LogP contribution in [0.3, 0.4) is 0 Å². The highest BCUT2D eigenvalue weighted by molar-refractivity contribution is 7.13. The van der Waals surface area contributed by atoms with Crippen LogP contribution in [-0.4, -0.2) is 57.9 Å². The third-order valence-corrected chi connectivity index (χ3v) is 4.34. The lowest BCUT2D eigenvalue weighted by Crippen LogP contribution is -2.38. The third-order valence-electron chi connectivity index (χ3n) is 3.47. The maximum atomic E-state index is 12.3. The van der Waals surface area contributed by atoms with Gasteiger partial charge in [0.1, 0.15) is 10.7 Å². The lowest BCUT2D eigenvalue weighted by atomic mass is 10.2. The van der Waals surface area contributed by atoms with E-state index in [4.69, 9.17) is 0 Å². The van der Waals surface area contributed by atoms with Crippen LogP contribution < -0.4 is 5.32 Å². The van der Waals surface area contributed by atoms with Crippen molar-refractivity contribution in [3.05, 3.63) is 23.6 Å². The Bertz CT molecular complexity index is 630. The molecule has 0 saturated carbocycles. The molecule has 1 fully saturated rings. The quantitative estimate of drug-likeness (QED) is 0.875. The summed E-state index contributed by atoms with van der Waals surface area (Å²) >= 11 is 1.35. The lowest BCUT2D eigenvalue weighted by Gasteiger charge is -2.15. The van der Waals surface area contributed by atoms with Gasteiger partial charge in [-0.1, -0.05) is 0 Å². The van der Waals surface area contributed by atoms with E-state index in [1.54, 1.807) is 22.8 Å². The molecular formula is C13H15F2N5OS. The van der Waals surface area contributed by atoms with E-state index in [9.17, 15) is 13.6 Å². The van der Waals surface area contributed by atoms with Crippen molar-refractivity contribution in [2.24, 2.45) is 0 Å². The summed E-state index contributed by atoms with van der Waals surface area (Å²) in [5.74, 6) is -0.272. The van der Waals surface area contributed by atoms with Gasteiger partial charge in [0.25, 0.3) is 12.3 Å². The van der Waals surface area contributed by atoms with E-state index in [1.807, 2.05) is 0 Å². The molecule has 1 aliphatic heterocycles. The minimum atomic E-state index is -2.34. The van der Waals surface area contributed by atoms with Crippen molar-refractivity contribution in [2.45, 2.75) is 18.9 Å². The normalized spacial score (nSPS) is 19.0. The summed E-state index contributed by atoms with van der Waals surface area (Å²) in [6.45, 7) is 0.784. The molecule has 1 saturated heterocycles. The van der Waals surface area contributed by atoms with Crippen molar-refractivity contribution >= 4 is 17.2 Å². The molecule has 118 valence electrons. The van der Waals surface area contributed by atoms with Crippen molar-refractivity contribution in [1.29, 1.82) is 0 Å². The first-order chi connectivity index (χ1) is 10.6. The summed E-state index contributed by atoms with van der Waals surface area (Å²) in [5.41, 5.74) is 1.09. The van der Waals surface area contributed by atoms with Gasteiger partial charge in [-0.2, -0.15) is 0 Å². The first kappa shape index (κ1) is 15.0. The molecule has 0 aliphatic carbocycles. The second-order valence-corrected chi connectivity index (χ2v) is 5.97. The molecule has 2 aromatic heterocycles. The number of H-pyrrole nitrogens is 1. The molecule has 3 rings (SSSR count). The zero-order chi connectivity index (χ0) is 15.5. The summed E-state index contributed by atoms with van der Waals surface area (Å²) in [7, 11) is 0. The molecular weight excluding hydrogens is 312 g/mol. The van der Waals surface area contributed by atoms with Gasteiger partial charge in [-0.15, -0.1) is 11.3 Å². The number of carbonyl (C=O) groups excluding carboxylic acids is 1. The van der Waals surface area contributed by atoms with Gasteiger partial charge >= 0.3 is 0 Å². The Morgan fingerprint density at radius 1 is 1.59 bits per heavy atom. The number of nitrogens with zero attached hydrogens (tertiary/aromatic N) is 3. The minimum absolute atomic E-state index is 0.108. The molecule has 2 N–H and O–H groups in total. The van der Waals surface area contributed by atoms with Crippen LogP contribution in [0.25, 0.3) is 10.7 Å². The van der Waals surface area contributed by atoms with E-state index in [1.165, 1.54) is 11.3 Å². The topological polar surface area (TPSA) is 73.9 Å². The van der Waals surface area contributed by atoms with E-state index in [0.717, 1.165) is 5.69 Å². The standard InChI is InChI=1S/C13H15F2N5OS/c14-11(15)5-20-2-1-8(4-20)18-12(21)10-6-22-13(19-10)9-3-16-7-17-9/h3,6-8,11H,1-2,4-5H2,(H,16,17)(H,18,21). The number of imidazole rings is 1. The summed E-state index contributed by atoms with van der Waals surface area (Å²) in [6.07, 6.45) is 1.52. The fourth-order valence-electron chi connectivity index (χ4n) is 2.45. The van der Waals surface area contributed by atoms with Gasteiger partial charge in [-0.3, -0.25) is 9.69 Å². The first-order valence-corrected chi connectivity index (χ1v) is 7.75. The Hall–Kier alpha value is -1.87. The van der Waals surface area contributed by atoms with Gasteiger partial charge in [0.15, 0.2) is 0 Å². The average Bonchev–Trinajstić information content (AvgIpc) is 3.19. The van der Waals surface area contributed by atoms with Gasteiger partial charge in [-0.05, 0) is 6.42 Å².